The molecule has 1 aliphatic rings. The van der Waals surface area contributed by atoms with Crippen LogP contribution >= 0.6 is 0 Å². The number of hydrogen-bond donors (Lipinski definition) is 0. The van der Waals surface area contributed by atoms with E-state index in [1.165, 1.54) is 11.3 Å². The molecule has 0 bridgehead atoms. The molecule has 1 aromatic rings. The first-order valence-electron chi connectivity index (χ1n) is 5.98. The number of rotatable bonds is 3. The first kappa shape index (κ1) is 11.2. The summed E-state index contributed by atoms with van der Waals surface area (Å²) in [6.07, 6.45) is 3.36. The summed E-state index contributed by atoms with van der Waals surface area (Å²) in [4.78, 5) is 2.43. The second-order valence-corrected chi connectivity index (χ2v) is 4.00. The lowest BCUT2D eigenvalue weighted by atomic mass is 10.1. The zero-order valence-corrected chi connectivity index (χ0v) is 9.86. The Morgan fingerprint density at radius 3 is 2.56 bits per heavy atom. The molecular formula is C14H19NO. The number of benzene rings is 1. The van der Waals surface area contributed by atoms with Gasteiger partial charge in [0.1, 0.15) is 0 Å². The van der Waals surface area contributed by atoms with Crippen LogP contribution in [0.1, 0.15) is 18.9 Å². The Morgan fingerprint density at radius 1 is 1.25 bits per heavy atom. The number of nitrogens with zero attached hydrogens (tertiary/aromatic N) is 1. The second kappa shape index (κ2) is 5.71. The summed E-state index contributed by atoms with van der Waals surface area (Å²) < 4.78 is 5.38. The average Bonchev–Trinajstić information content (AvgIpc) is 2.38. The minimum Gasteiger partial charge on any atom is -0.378 e. The molecule has 0 aromatic heterocycles. The van der Waals surface area contributed by atoms with Gasteiger partial charge in [0, 0.05) is 18.8 Å². The molecule has 0 saturated carbocycles. The monoisotopic (exact) mass is 217 g/mol. The van der Waals surface area contributed by atoms with Crippen LogP contribution in [0.15, 0.2) is 36.0 Å². The second-order valence-electron chi connectivity index (χ2n) is 4.00. The Morgan fingerprint density at radius 2 is 1.94 bits per heavy atom. The minimum atomic E-state index is 0.853. The van der Waals surface area contributed by atoms with Gasteiger partial charge in [-0.15, -0.1) is 0 Å². The molecule has 1 saturated heterocycles. The third-order valence-electron chi connectivity index (χ3n) is 2.91. The van der Waals surface area contributed by atoms with Crippen molar-refractivity contribution in [2.24, 2.45) is 0 Å². The fraction of sp³-hybridized carbons (Fsp3) is 0.429. The van der Waals surface area contributed by atoms with Gasteiger partial charge in [-0.2, -0.15) is 0 Å². The van der Waals surface area contributed by atoms with Crippen LogP contribution in [-0.2, 0) is 4.74 Å². The Balaban J connectivity index is 2.12. The SMILES string of the molecule is CC/C(=C/c1ccccc1)N1CCOCC1. The summed E-state index contributed by atoms with van der Waals surface area (Å²) in [5.41, 5.74) is 2.69. The van der Waals surface area contributed by atoms with Crippen molar-refractivity contribution < 1.29 is 4.74 Å². The van der Waals surface area contributed by atoms with Crippen molar-refractivity contribution in [3.05, 3.63) is 41.6 Å². The van der Waals surface area contributed by atoms with Gasteiger partial charge in [0.2, 0.25) is 0 Å². The molecule has 2 heteroatoms. The summed E-state index contributed by atoms with van der Waals surface area (Å²) in [6, 6.07) is 10.5. The normalized spacial score (nSPS) is 17.6. The van der Waals surface area contributed by atoms with Crippen LogP contribution in [0, 0.1) is 0 Å². The number of morpholine rings is 1. The lowest BCUT2D eigenvalue weighted by Crippen LogP contribution is -2.35. The highest BCUT2D eigenvalue weighted by atomic mass is 16.5. The lowest BCUT2D eigenvalue weighted by molar-refractivity contribution is 0.0529. The molecule has 1 fully saturated rings. The van der Waals surface area contributed by atoms with E-state index < -0.39 is 0 Å². The molecule has 1 aliphatic heterocycles. The zero-order valence-electron chi connectivity index (χ0n) is 9.86. The van der Waals surface area contributed by atoms with Crippen molar-refractivity contribution in [1.82, 2.24) is 4.90 Å². The maximum atomic E-state index is 5.38. The fourth-order valence-electron chi connectivity index (χ4n) is 2.01. The van der Waals surface area contributed by atoms with Crippen LogP contribution in [-0.4, -0.2) is 31.2 Å². The van der Waals surface area contributed by atoms with Crippen molar-refractivity contribution >= 4 is 6.08 Å². The Kier molecular flexibility index (Phi) is 4.00. The predicted molar refractivity (Wildman–Crippen MR) is 67.1 cm³/mol. The van der Waals surface area contributed by atoms with Crippen LogP contribution in [0.25, 0.3) is 6.08 Å². The molecule has 2 nitrogen and oxygen atoms in total. The molecule has 0 radical (unpaired) electrons. The average molecular weight is 217 g/mol. The van der Waals surface area contributed by atoms with Gasteiger partial charge in [0.25, 0.3) is 0 Å². The van der Waals surface area contributed by atoms with Crippen LogP contribution in [0.4, 0.5) is 0 Å². The van der Waals surface area contributed by atoms with E-state index in [1.807, 2.05) is 0 Å². The van der Waals surface area contributed by atoms with E-state index in [4.69, 9.17) is 4.74 Å². The third kappa shape index (κ3) is 2.86. The van der Waals surface area contributed by atoms with Gasteiger partial charge in [0.15, 0.2) is 0 Å². The van der Waals surface area contributed by atoms with Crippen molar-refractivity contribution in [2.45, 2.75) is 13.3 Å². The molecular weight excluding hydrogens is 198 g/mol. The Hall–Kier alpha value is -1.28. The topological polar surface area (TPSA) is 12.5 Å². The fourth-order valence-corrected chi connectivity index (χ4v) is 2.01. The number of allylic oxidation sites excluding steroid dienone is 1. The molecule has 0 unspecified atom stereocenters. The summed E-state index contributed by atoms with van der Waals surface area (Å²) in [5.74, 6) is 0. The summed E-state index contributed by atoms with van der Waals surface area (Å²) >= 11 is 0. The quantitative estimate of drug-likeness (QED) is 0.772. The maximum absolute atomic E-state index is 5.38. The lowest BCUT2D eigenvalue weighted by Gasteiger charge is -2.30. The van der Waals surface area contributed by atoms with Gasteiger partial charge in [0.05, 0.1) is 13.2 Å². The van der Waals surface area contributed by atoms with Crippen LogP contribution in [0.3, 0.4) is 0 Å². The van der Waals surface area contributed by atoms with E-state index in [9.17, 15) is 0 Å². The van der Waals surface area contributed by atoms with E-state index in [0.717, 1.165) is 32.7 Å². The largest absolute Gasteiger partial charge is 0.378 e. The van der Waals surface area contributed by atoms with Gasteiger partial charge in [-0.25, -0.2) is 0 Å². The van der Waals surface area contributed by atoms with Gasteiger partial charge in [-0.05, 0) is 18.1 Å². The molecule has 0 atom stereocenters. The highest BCUT2D eigenvalue weighted by molar-refractivity contribution is 5.52. The van der Waals surface area contributed by atoms with Crippen molar-refractivity contribution in [1.29, 1.82) is 0 Å². The Bertz CT molecular complexity index is 339. The van der Waals surface area contributed by atoms with Crippen molar-refractivity contribution in [3.8, 4) is 0 Å². The van der Waals surface area contributed by atoms with Crippen molar-refractivity contribution in [2.75, 3.05) is 26.3 Å². The minimum absolute atomic E-state index is 0.853. The first-order valence-corrected chi connectivity index (χ1v) is 5.98. The summed E-state index contributed by atoms with van der Waals surface area (Å²) in [7, 11) is 0. The molecule has 1 aromatic carbocycles. The molecule has 16 heavy (non-hydrogen) atoms. The van der Waals surface area contributed by atoms with Crippen LogP contribution in [0.2, 0.25) is 0 Å². The van der Waals surface area contributed by atoms with E-state index in [1.54, 1.807) is 0 Å². The number of hydrogen-bond acceptors (Lipinski definition) is 2. The molecule has 0 N–H and O–H groups in total. The smallest absolute Gasteiger partial charge is 0.0642 e. The zero-order chi connectivity index (χ0) is 11.2. The molecule has 0 aliphatic carbocycles. The van der Waals surface area contributed by atoms with Gasteiger partial charge in [-0.1, -0.05) is 37.3 Å². The first-order chi connectivity index (χ1) is 7.90. The maximum Gasteiger partial charge on any atom is 0.0642 e. The van der Waals surface area contributed by atoms with Gasteiger partial charge < -0.3 is 9.64 Å². The molecule has 1 heterocycles. The molecule has 0 spiro atoms. The van der Waals surface area contributed by atoms with Crippen LogP contribution < -0.4 is 0 Å². The molecule has 86 valence electrons. The van der Waals surface area contributed by atoms with E-state index in [0.29, 0.717) is 0 Å². The number of ether oxygens (including phenoxy) is 1. The van der Waals surface area contributed by atoms with E-state index >= 15 is 0 Å². The predicted octanol–water partition coefficient (Wildman–Crippen LogP) is 2.77. The molecule has 0 amide bonds. The summed E-state index contributed by atoms with van der Waals surface area (Å²) in [5, 5.41) is 0. The standard InChI is InChI=1S/C14H19NO/c1-2-14(15-8-10-16-11-9-15)12-13-6-4-3-5-7-13/h3-7,12H,2,8-11H2,1H3/b14-12-. The third-order valence-corrected chi connectivity index (χ3v) is 2.91. The highest BCUT2D eigenvalue weighted by Crippen LogP contribution is 2.15. The van der Waals surface area contributed by atoms with E-state index in [2.05, 4.69) is 48.2 Å². The molecule has 2 rings (SSSR count). The highest BCUT2D eigenvalue weighted by Gasteiger charge is 2.11. The summed E-state index contributed by atoms with van der Waals surface area (Å²) in [6.45, 7) is 5.96. The van der Waals surface area contributed by atoms with Gasteiger partial charge in [-0.3, -0.25) is 0 Å². The van der Waals surface area contributed by atoms with Crippen LogP contribution in [0.5, 0.6) is 0 Å². The van der Waals surface area contributed by atoms with Crippen molar-refractivity contribution in [3.63, 3.8) is 0 Å². The van der Waals surface area contributed by atoms with Gasteiger partial charge >= 0.3 is 0 Å². The van der Waals surface area contributed by atoms with E-state index in [-0.39, 0.29) is 0 Å². The Labute approximate surface area is 97.5 Å².